The van der Waals surface area contributed by atoms with Gasteiger partial charge in [-0.15, -0.1) is 0 Å². The van der Waals surface area contributed by atoms with Crippen LogP contribution in [0, 0.1) is 0 Å². The average molecular weight is 224 g/mol. The second-order valence-electron chi connectivity index (χ2n) is 2.60. The van der Waals surface area contributed by atoms with Gasteiger partial charge in [-0.25, -0.2) is 4.98 Å². The summed E-state index contributed by atoms with van der Waals surface area (Å²) in [6.45, 7) is 0. The zero-order chi connectivity index (χ0) is 8.55. The number of nitrogens with two attached hydrogens (primary N) is 1. The summed E-state index contributed by atoms with van der Waals surface area (Å²) in [5.74, 6) is 0. The fourth-order valence-corrected chi connectivity index (χ4v) is 1.67. The molecule has 0 aliphatic rings. The summed E-state index contributed by atoms with van der Waals surface area (Å²) >= 11 is 3.46. The number of H-pyrrole nitrogens is 1. The fraction of sp³-hybridized carbons (Fsp3) is 0. The number of nitrogen functional groups attached to an aromatic ring is 1. The van der Waals surface area contributed by atoms with Gasteiger partial charge in [-0.3, -0.25) is 0 Å². The monoisotopic (exact) mass is 223 g/mol. The standard InChI is InChI=1S/C9H7BrN2/c10-7-3-4-8(11)9-6(7)2-1-5-12-9/h1-5H,11H2/p+1. The van der Waals surface area contributed by atoms with Gasteiger partial charge >= 0.3 is 0 Å². The zero-order valence-electron chi connectivity index (χ0n) is 6.34. The molecule has 0 spiro atoms. The van der Waals surface area contributed by atoms with E-state index in [9.17, 15) is 0 Å². The lowest BCUT2D eigenvalue weighted by atomic mass is 10.2. The molecule has 1 aromatic carbocycles. The molecular formula is C9H8BrN2+. The quantitative estimate of drug-likeness (QED) is 0.683. The van der Waals surface area contributed by atoms with Crippen LogP contribution in [-0.2, 0) is 0 Å². The summed E-state index contributed by atoms with van der Waals surface area (Å²) in [7, 11) is 0. The highest BCUT2D eigenvalue weighted by molar-refractivity contribution is 9.10. The molecule has 3 N–H and O–H groups in total. The van der Waals surface area contributed by atoms with E-state index >= 15 is 0 Å². The van der Waals surface area contributed by atoms with Gasteiger partial charge in [0.2, 0.25) is 5.52 Å². The molecule has 0 bridgehead atoms. The van der Waals surface area contributed by atoms with E-state index in [2.05, 4.69) is 20.9 Å². The topological polar surface area (TPSA) is 40.2 Å². The Bertz CT molecular complexity index is 385. The zero-order valence-corrected chi connectivity index (χ0v) is 7.93. The largest absolute Gasteiger partial charge is 0.393 e. The van der Waals surface area contributed by atoms with Crippen LogP contribution >= 0.6 is 15.9 Å². The molecule has 3 heteroatoms. The lowest BCUT2D eigenvalue weighted by Crippen LogP contribution is -2.04. The molecule has 60 valence electrons. The number of aromatic nitrogens is 1. The number of pyridine rings is 1. The predicted molar refractivity (Wildman–Crippen MR) is 52.6 cm³/mol. The third-order valence-electron chi connectivity index (χ3n) is 1.81. The van der Waals surface area contributed by atoms with E-state index in [0.717, 1.165) is 21.1 Å². The Morgan fingerprint density at radius 1 is 1.25 bits per heavy atom. The highest BCUT2D eigenvalue weighted by atomic mass is 79.9. The van der Waals surface area contributed by atoms with E-state index in [1.54, 1.807) is 0 Å². The van der Waals surface area contributed by atoms with E-state index < -0.39 is 0 Å². The number of benzene rings is 1. The molecule has 0 radical (unpaired) electrons. The highest BCUT2D eigenvalue weighted by Gasteiger charge is 2.05. The first kappa shape index (κ1) is 7.55. The Hall–Kier alpha value is -1.09. The number of hydrogen-bond acceptors (Lipinski definition) is 1. The van der Waals surface area contributed by atoms with Crippen LogP contribution in [0.3, 0.4) is 0 Å². The van der Waals surface area contributed by atoms with Gasteiger partial charge < -0.3 is 5.73 Å². The maximum atomic E-state index is 5.77. The second kappa shape index (κ2) is 2.75. The van der Waals surface area contributed by atoms with Crippen LogP contribution in [-0.4, -0.2) is 0 Å². The van der Waals surface area contributed by atoms with Gasteiger partial charge in [0.15, 0.2) is 6.20 Å². The summed E-state index contributed by atoms with van der Waals surface area (Å²) in [5.41, 5.74) is 7.52. The Kier molecular flexibility index (Phi) is 1.73. The van der Waals surface area contributed by atoms with Crippen LogP contribution in [0.5, 0.6) is 0 Å². The molecule has 0 unspecified atom stereocenters. The Morgan fingerprint density at radius 3 is 2.83 bits per heavy atom. The molecule has 2 aromatic rings. The van der Waals surface area contributed by atoms with Crippen LogP contribution in [0.25, 0.3) is 10.9 Å². The summed E-state index contributed by atoms with van der Waals surface area (Å²) in [6, 6.07) is 7.80. The summed E-state index contributed by atoms with van der Waals surface area (Å²) in [4.78, 5) is 3.10. The number of anilines is 1. The van der Waals surface area contributed by atoms with Crippen LogP contribution in [0.2, 0.25) is 0 Å². The van der Waals surface area contributed by atoms with Crippen molar-refractivity contribution in [3.05, 3.63) is 34.9 Å². The molecule has 0 saturated heterocycles. The van der Waals surface area contributed by atoms with Crippen molar-refractivity contribution in [2.45, 2.75) is 0 Å². The number of nitrogens with one attached hydrogen (secondary N) is 1. The second-order valence-corrected chi connectivity index (χ2v) is 3.45. The van der Waals surface area contributed by atoms with Crippen molar-refractivity contribution in [2.75, 3.05) is 5.73 Å². The van der Waals surface area contributed by atoms with E-state index in [-0.39, 0.29) is 0 Å². The third-order valence-corrected chi connectivity index (χ3v) is 2.50. The lowest BCUT2D eigenvalue weighted by Gasteiger charge is -1.96. The van der Waals surface area contributed by atoms with Crippen molar-refractivity contribution < 1.29 is 4.98 Å². The van der Waals surface area contributed by atoms with Crippen LogP contribution in [0.15, 0.2) is 34.9 Å². The summed E-state index contributed by atoms with van der Waals surface area (Å²) < 4.78 is 1.06. The molecule has 0 aliphatic heterocycles. The molecule has 0 aliphatic carbocycles. The molecule has 0 atom stereocenters. The number of halogens is 1. The Balaban J connectivity index is 2.95. The highest BCUT2D eigenvalue weighted by Crippen LogP contribution is 2.24. The van der Waals surface area contributed by atoms with Crippen molar-refractivity contribution in [1.29, 1.82) is 0 Å². The van der Waals surface area contributed by atoms with Crippen molar-refractivity contribution >= 4 is 32.5 Å². The van der Waals surface area contributed by atoms with Crippen LogP contribution < -0.4 is 10.7 Å². The van der Waals surface area contributed by atoms with Crippen molar-refractivity contribution in [3.8, 4) is 0 Å². The first-order chi connectivity index (χ1) is 5.79. The molecular weight excluding hydrogens is 216 g/mol. The van der Waals surface area contributed by atoms with E-state index in [4.69, 9.17) is 5.73 Å². The molecule has 1 aromatic heterocycles. The molecule has 12 heavy (non-hydrogen) atoms. The molecule has 2 nitrogen and oxygen atoms in total. The van der Waals surface area contributed by atoms with E-state index in [0.29, 0.717) is 0 Å². The third kappa shape index (κ3) is 1.06. The van der Waals surface area contributed by atoms with Gasteiger partial charge in [0, 0.05) is 10.5 Å². The lowest BCUT2D eigenvalue weighted by molar-refractivity contribution is -0.344. The maximum Gasteiger partial charge on any atom is 0.235 e. The first-order valence-electron chi connectivity index (χ1n) is 3.63. The maximum absolute atomic E-state index is 5.77. The van der Waals surface area contributed by atoms with Gasteiger partial charge in [0.05, 0.1) is 5.39 Å². The van der Waals surface area contributed by atoms with Gasteiger partial charge in [-0.1, -0.05) is 0 Å². The van der Waals surface area contributed by atoms with Gasteiger partial charge in [0.1, 0.15) is 5.69 Å². The minimum atomic E-state index is 0.772. The Morgan fingerprint density at radius 2 is 2.08 bits per heavy atom. The van der Waals surface area contributed by atoms with Crippen LogP contribution in [0.1, 0.15) is 0 Å². The van der Waals surface area contributed by atoms with Gasteiger partial charge in [-0.05, 0) is 34.1 Å². The van der Waals surface area contributed by atoms with Crippen molar-refractivity contribution in [1.82, 2.24) is 0 Å². The Labute approximate surface area is 78.5 Å². The van der Waals surface area contributed by atoms with Gasteiger partial charge in [0.25, 0.3) is 0 Å². The van der Waals surface area contributed by atoms with Crippen LogP contribution in [0.4, 0.5) is 5.69 Å². The minimum absolute atomic E-state index is 0.772. The minimum Gasteiger partial charge on any atom is -0.393 e. The number of aromatic amines is 1. The van der Waals surface area contributed by atoms with Crippen molar-refractivity contribution in [3.63, 3.8) is 0 Å². The summed E-state index contributed by atoms with van der Waals surface area (Å²) in [6.07, 6.45) is 1.87. The summed E-state index contributed by atoms with van der Waals surface area (Å²) in [5, 5.41) is 1.11. The van der Waals surface area contributed by atoms with Gasteiger partial charge in [-0.2, -0.15) is 0 Å². The first-order valence-corrected chi connectivity index (χ1v) is 4.43. The number of hydrogen-bond donors (Lipinski definition) is 1. The SMILES string of the molecule is Nc1ccc(Br)c2ccc[nH+]c12. The number of rotatable bonds is 0. The molecule has 2 rings (SSSR count). The normalized spacial score (nSPS) is 10.4. The molecule has 0 saturated carbocycles. The number of fused-ring (bicyclic) bond motifs is 1. The molecule has 1 heterocycles. The fourth-order valence-electron chi connectivity index (χ4n) is 1.21. The molecule has 0 fully saturated rings. The van der Waals surface area contributed by atoms with E-state index in [1.807, 2.05) is 30.5 Å². The predicted octanol–water partition coefficient (Wildman–Crippen LogP) is 2.00. The average Bonchev–Trinajstić information content (AvgIpc) is 2.12. The van der Waals surface area contributed by atoms with Crippen molar-refractivity contribution in [2.24, 2.45) is 0 Å². The smallest absolute Gasteiger partial charge is 0.235 e. The molecule has 0 amide bonds. The van der Waals surface area contributed by atoms with E-state index in [1.165, 1.54) is 0 Å².